The Balaban J connectivity index is 1.65. The van der Waals surface area contributed by atoms with Gasteiger partial charge in [-0.2, -0.15) is 0 Å². The molecule has 0 saturated heterocycles. The van der Waals surface area contributed by atoms with Crippen molar-refractivity contribution >= 4 is 35.7 Å². The number of amides is 1. The lowest BCUT2D eigenvalue weighted by molar-refractivity contribution is 0.0147. The van der Waals surface area contributed by atoms with Crippen molar-refractivity contribution in [3.8, 4) is 0 Å². The number of rotatable bonds is 9. The van der Waals surface area contributed by atoms with Gasteiger partial charge in [-0.25, -0.2) is 4.79 Å². The molecule has 0 unspecified atom stereocenters. The van der Waals surface area contributed by atoms with Crippen molar-refractivity contribution in [2.24, 2.45) is 0 Å². The topological polar surface area (TPSA) is 66.8 Å². The molecular weight excluding hydrogens is 482 g/mol. The van der Waals surface area contributed by atoms with E-state index in [9.17, 15) is 14.7 Å². The zero-order valence-corrected chi connectivity index (χ0v) is 21.7. The molecule has 0 aliphatic rings. The lowest BCUT2D eigenvalue weighted by Gasteiger charge is -2.29. The molecule has 0 fully saturated rings. The standard InChI is InChI=1S/C28H30ClNO4S/c1-28(2,3)34-27(33)30(18-26(32)22-5-4-6-23(29)17-22)16-15-20-7-11-24(12-8-20)35-25-13-9-21(19-31)10-14-25/h4-14,17,19,26,32H,15-16,18H2,1-3H3/t26-/m0/s1. The number of aldehydes is 1. The van der Waals surface area contributed by atoms with Gasteiger partial charge in [-0.05, 0) is 74.7 Å². The van der Waals surface area contributed by atoms with Crippen LogP contribution in [0.25, 0.3) is 0 Å². The first-order chi connectivity index (χ1) is 16.6. The first kappa shape index (κ1) is 26.8. The second-order valence-corrected chi connectivity index (χ2v) is 10.8. The van der Waals surface area contributed by atoms with Gasteiger partial charge in [0.2, 0.25) is 0 Å². The number of hydrogen-bond acceptors (Lipinski definition) is 5. The SMILES string of the molecule is CC(C)(C)OC(=O)N(CCc1ccc(Sc2ccc(C=O)cc2)cc1)C[C@H](O)c1cccc(Cl)c1. The van der Waals surface area contributed by atoms with E-state index in [-0.39, 0.29) is 6.54 Å². The average Bonchev–Trinajstić information content (AvgIpc) is 2.82. The molecule has 0 aliphatic carbocycles. The number of benzene rings is 3. The molecule has 1 atom stereocenters. The smallest absolute Gasteiger partial charge is 0.410 e. The maximum Gasteiger partial charge on any atom is 0.410 e. The zero-order valence-electron chi connectivity index (χ0n) is 20.1. The van der Waals surface area contributed by atoms with E-state index >= 15 is 0 Å². The molecule has 0 radical (unpaired) electrons. The van der Waals surface area contributed by atoms with Gasteiger partial charge in [-0.15, -0.1) is 0 Å². The first-order valence-corrected chi connectivity index (χ1v) is 12.6. The fourth-order valence-corrected chi connectivity index (χ4v) is 4.37. The Morgan fingerprint density at radius 2 is 1.69 bits per heavy atom. The third-order valence-electron chi connectivity index (χ3n) is 5.12. The number of aliphatic hydroxyl groups is 1. The van der Waals surface area contributed by atoms with Crippen LogP contribution in [0.3, 0.4) is 0 Å². The minimum absolute atomic E-state index is 0.0972. The molecule has 7 heteroatoms. The molecule has 0 heterocycles. The van der Waals surface area contributed by atoms with Crippen molar-refractivity contribution in [3.05, 3.63) is 94.5 Å². The van der Waals surface area contributed by atoms with E-state index in [0.29, 0.717) is 29.1 Å². The third-order valence-corrected chi connectivity index (χ3v) is 6.37. The molecule has 184 valence electrons. The van der Waals surface area contributed by atoms with Crippen LogP contribution in [0.5, 0.6) is 0 Å². The summed E-state index contributed by atoms with van der Waals surface area (Å²) in [5.41, 5.74) is 1.73. The first-order valence-electron chi connectivity index (χ1n) is 11.4. The van der Waals surface area contributed by atoms with Gasteiger partial charge < -0.3 is 14.7 Å². The zero-order chi connectivity index (χ0) is 25.4. The minimum Gasteiger partial charge on any atom is -0.444 e. The molecular formula is C28H30ClNO4S. The van der Waals surface area contributed by atoms with Gasteiger partial charge in [0.05, 0.1) is 12.6 Å². The van der Waals surface area contributed by atoms with Crippen LogP contribution < -0.4 is 0 Å². The summed E-state index contributed by atoms with van der Waals surface area (Å²) in [6.45, 7) is 5.95. The molecule has 5 nitrogen and oxygen atoms in total. The minimum atomic E-state index is -0.884. The highest BCUT2D eigenvalue weighted by Crippen LogP contribution is 2.28. The Morgan fingerprint density at radius 3 is 2.26 bits per heavy atom. The number of halogens is 1. The second-order valence-electron chi connectivity index (χ2n) is 9.18. The number of carbonyl (C=O) groups is 2. The van der Waals surface area contributed by atoms with Crippen LogP contribution >= 0.6 is 23.4 Å². The van der Waals surface area contributed by atoms with Crippen LogP contribution in [-0.4, -0.2) is 41.1 Å². The predicted molar refractivity (Wildman–Crippen MR) is 140 cm³/mol. The molecule has 0 aromatic heterocycles. The van der Waals surface area contributed by atoms with E-state index < -0.39 is 17.8 Å². The van der Waals surface area contributed by atoms with Gasteiger partial charge >= 0.3 is 6.09 Å². The molecule has 35 heavy (non-hydrogen) atoms. The molecule has 1 amide bonds. The summed E-state index contributed by atoms with van der Waals surface area (Å²) in [4.78, 5) is 27.3. The van der Waals surface area contributed by atoms with Gasteiger partial charge in [0, 0.05) is 26.9 Å². The predicted octanol–water partition coefficient (Wildman–Crippen LogP) is 6.82. The largest absolute Gasteiger partial charge is 0.444 e. The molecule has 3 rings (SSSR count). The van der Waals surface area contributed by atoms with E-state index in [2.05, 4.69) is 0 Å². The number of aliphatic hydroxyl groups excluding tert-OH is 1. The normalized spacial score (nSPS) is 12.1. The maximum atomic E-state index is 12.9. The highest BCUT2D eigenvalue weighted by Gasteiger charge is 2.24. The summed E-state index contributed by atoms with van der Waals surface area (Å²) < 4.78 is 5.58. The van der Waals surface area contributed by atoms with E-state index in [0.717, 1.165) is 21.6 Å². The Hall–Kier alpha value is -2.80. The van der Waals surface area contributed by atoms with Crippen LogP contribution in [-0.2, 0) is 11.2 Å². The van der Waals surface area contributed by atoms with Crippen molar-refractivity contribution in [1.29, 1.82) is 0 Å². The summed E-state index contributed by atoms with van der Waals surface area (Å²) in [5, 5.41) is 11.3. The molecule has 0 spiro atoms. The van der Waals surface area contributed by atoms with Gasteiger partial charge in [0.1, 0.15) is 11.9 Å². The number of hydrogen-bond donors (Lipinski definition) is 1. The second kappa shape index (κ2) is 12.2. The fourth-order valence-electron chi connectivity index (χ4n) is 3.35. The van der Waals surface area contributed by atoms with Crippen LogP contribution in [0.15, 0.2) is 82.6 Å². The quantitative estimate of drug-likeness (QED) is 0.319. The molecule has 0 aliphatic heterocycles. The average molecular weight is 512 g/mol. The number of nitrogens with zero attached hydrogens (tertiary/aromatic N) is 1. The van der Waals surface area contributed by atoms with E-state index in [4.69, 9.17) is 16.3 Å². The Bertz CT molecular complexity index is 1130. The number of carbonyl (C=O) groups excluding carboxylic acids is 2. The van der Waals surface area contributed by atoms with E-state index in [1.54, 1.807) is 48.2 Å². The van der Waals surface area contributed by atoms with Crippen molar-refractivity contribution in [2.75, 3.05) is 13.1 Å². The summed E-state index contributed by atoms with van der Waals surface area (Å²) in [6, 6.07) is 22.6. The Labute approximate surface area is 216 Å². The van der Waals surface area contributed by atoms with Gasteiger partial charge in [-0.3, -0.25) is 4.79 Å². The Morgan fingerprint density at radius 1 is 1.06 bits per heavy atom. The van der Waals surface area contributed by atoms with Gasteiger partial charge in [0.25, 0.3) is 0 Å². The molecule has 0 saturated carbocycles. The molecule has 3 aromatic rings. The third kappa shape index (κ3) is 8.73. The molecule has 3 aromatic carbocycles. The van der Waals surface area contributed by atoms with Crippen molar-refractivity contribution in [1.82, 2.24) is 4.90 Å². The summed E-state index contributed by atoms with van der Waals surface area (Å²) >= 11 is 7.68. The van der Waals surface area contributed by atoms with Crippen LogP contribution in [0, 0.1) is 0 Å². The Kier molecular flexibility index (Phi) is 9.38. The van der Waals surface area contributed by atoms with Crippen molar-refractivity contribution in [2.45, 2.75) is 48.7 Å². The number of ether oxygens (including phenoxy) is 1. The maximum absolute atomic E-state index is 12.9. The monoisotopic (exact) mass is 511 g/mol. The van der Waals surface area contributed by atoms with E-state index in [1.165, 1.54) is 4.90 Å². The van der Waals surface area contributed by atoms with Crippen molar-refractivity contribution < 1.29 is 19.4 Å². The summed E-state index contributed by atoms with van der Waals surface area (Å²) in [5.74, 6) is 0. The summed E-state index contributed by atoms with van der Waals surface area (Å²) in [7, 11) is 0. The van der Waals surface area contributed by atoms with Gasteiger partial charge in [-0.1, -0.05) is 59.8 Å². The lowest BCUT2D eigenvalue weighted by atomic mass is 10.1. The molecule has 1 N–H and O–H groups in total. The highest BCUT2D eigenvalue weighted by atomic mass is 35.5. The van der Waals surface area contributed by atoms with Crippen molar-refractivity contribution in [3.63, 3.8) is 0 Å². The summed E-state index contributed by atoms with van der Waals surface area (Å²) in [6.07, 6.45) is 0.0910. The lowest BCUT2D eigenvalue weighted by Crippen LogP contribution is -2.40. The van der Waals surface area contributed by atoms with Crippen LogP contribution in [0.2, 0.25) is 5.02 Å². The van der Waals surface area contributed by atoms with Crippen LogP contribution in [0.4, 0.5) is 4.79 Å². The van der Waals surface area contributed by atoms with Gasteiger partial charge in [0.15, 0.2) is 0 Å². The fraction of sp³-hybridized carbons (Fsp3) is 0.286. The molecule has 0 bridgehead atoms. The van der Waals surface area contributed by atoms with Crippen LogP contribution in [0.1, 0.15) is 48.4 Å². The highest BCUT2D eigenvalue weighted by molar-refractivity contribution is 7.99. The van der Waals surface area contributed by atoms with E-state index in [1.807, 2.05) is 57.2 Å².